The molecule has 1 aliphatic carbocycles. The zero-order valence-electron chi connectivity index (χ0n) is 17.3. The zero-order chi connectivity index (χ0) is 21.8. The first-order valence-corrected chi connectivity index (χ1v) is 10.1. The van der Waals surface area contributed by atoms with Gasteiger partial charge in [0.05, 0.1) is 17.3 Å². The van der Waals surface area contributed by atoms with Crippen LogP contribution >= 0.6 is 0 Å². The highest BCUT2D eigenvalue weighted by atomic mass is 19.1. The number of nitriles is 1. The van der Waals surface area contributed by atoms with Gasteiger partial charge in [-0.1, -0.05) is 36.9 Å². The monoisotopic (exact) mass is 407 g/mol. The number of hydrogen-bond acceptors (Lipinski definition) is 3. The van der Waals surface area contributed by atoms with Gasteiger partial charge in [0, 0.05) is 30.2 Å². The van der Waals surface area contributed by atoms with Crippen LogP contribution in [0.2, 0.25) is 0 Å². The third-order valence-electron chi connectivity index (χ3n) is 5.59. The van der Waals surface area contributed by atoms with Crippen LogP contribution in [0.4, 0.5) is 10.1 Å². The highest BCUT2D eigenvalue weighted by molar-refractivity contribution is 5.91. The summed E-state index contributed by atoms with van der Waals surface area (Å²) in [5.41, 5.74) is 7.37. The van der Waals surface area contributed by atoms with E-state index in [-0.39, 0.29) is 5.82 Å². The molecule has 0 radical (unpaired) electrons. The van der Waals surface area contributed by atoms with E-state index in [0.717, 1.165) is 46.6 Å². The molecule has 0 spiro atoms. The molecule has 0 bridgehead atoms. The van der Waals surface area contributed by atoms with Gasteiger partial charge in [0.2, 0.25) is 0 Å². The van der Waals surface area contributed by atoms with Gasteiger partial charge >= 0.3 is 0 Å². The van der Waals surface area contributed by atoms with Crippen molar-refractivity contribution in [2.24, 2.45) is 0 Å². The molecule has 0 aliphatic heterocycles. The predicted octanol–water partition coefficient (Wildman–Crippen LogP) is 6.16. The molecule has 0 N–H and O–H groups in total. The van der Waals surface area contributed by atoms with E-state index in [0.29, 0.717) is 5.56 Å². The molecule has 3 aromatic rings. The third-order valence-corrected chi connectivity index (χ3v) is 5.59. The molecule has 3 nitrogen and oxygen atoms in total. The summed E-state index contributed by atoms with van der Waals surface area (Å²) >= 11 is 0. The summed E-state index contributed by atoms with van der Waals surface area (Å²) in [5, 5.41) is 9.56. The number of fused-ring (bicyclic) bond motifs is 1. The standard InChI is InChI=1S/C27H22FN3/c1-3-19(24-9-5-4-7-21(24)18-29)17-25-26(15-10-20-8-6-16-30-27(20)25)31(2)23-13-11-22(28)12-14-23/h3-9,11-14,16-17H,1,10,15H2,2H3/b19-17+. The molecule has 4 heteroatoms. The van der Waals surface area contributed by atoms with E-state index in [9.17, 15) is 9.65 Å². The zero-order valence-corrected chi connectivity index (χ0v) is 17.3. The van der Waals surface area contributed by atoms with Crippen molar-refractivity contribution >= 4 is 16.8 Å². The molecule has 152 valence electrons. The fourth-order valence-corrected chi connectivity index (χ4v) is 3.96. The van der Waals surface area contributed by atoms with Crippen LogP contribution in [0.25, 0.3) is 11.1 Å². The maximum absolute atomic E-state index is 13.5. The van der Waals surface area contributed by atoms with E-state index in [4.69, 9.17) is 0 Å². The summed E-state index contributed by atoms with van der Waals surface area (Å²) in [5.74, 6) is -0.260. The summed E-state index contributed by atoms with van der Waals surface area (Å²) in [6.45, 7) is 4.00. The molecule has 31 heavy (non-hydrogen) atoms. The number of aryl methyl sites for hydroxylation is 1. The Hall–Kier alpha value is -3.97. The van der Waals surface area contributed by atoms with Crippen molar-refractivity contribution in [2.75, 3.05) is 11.9 Å². The Morgan fingerprint density at radius 1 is 1.10 bits per heavy atom. The minimum atomic E-state index is -0.260. The summed E-state index contributed by atoms with van der Waals surface area (Å²) in [6.07, 6.45) is 7.33. The molecule has 0 unspecified atom stereocenters. The van der Waals surface area contributed by atoms with Gasteiger partial charge in [-0.15, -0.1) is 0 Å². The van der Waals surface area contributed by atoms with Gasteiger partial charge in [0.15, 0.2) is 0 Å². The number of rotatable bonds is 5. The summed E-state index contributed by atoms with van der Waals surface area (Å²) < 4.78 is 13.5. The Bertz CT molecular complexity index is 1230. The van der Waals surface area contributed by atoms with Gasteiger partial charge in [-0.3, -0.25) is 4.98 Å². The van der Waals surface area contributed by atoms with Crippen LogP contribution in [0.15, 0.2) is 91.3 Å². The van der Waals surface area contributed by atoms with E-state index in [1.807, 2.05) is 31.3 Å². The van der Waals surface area contributed by atoms with Crippen LogP contribution < -0.4 is 4.90 Å². The fourth-order valence-electron chi connectivity index (χ4n) is 3.96. The van der Waals surface area contributed by atoms with E-state index in [2.05, 4.69) is 34.7 Å². The van der Waals surface area contributed by atoms with Crippen LogP contribution in [-0.4, -0.2) is 12.0 Å². The Balaban J connectivity index is 1.91. The number of allylic oxidation sites excluding steroid dienone is 5. The Kier molecular flexibility index (Phi) is 5.77. The molecule has 4 rings (SSSR count). The lowest BCUT2D eigenvalue weighted by molar-refractivity contribution is 0.628. The lowest BCUT2D eigenvalue weighted by atomic mass is 9.89. The number of benzene rings is 2. The SMILES string of the molecule is C=C/C(=C\C1=C(N(C)c2ccc(F)cc2)CCc2cccnc21)c1ccccc1C#N. The lowest BCUT2D eigenvalue weighted by Crippen LogP contribution is -2.22. The highest BCUT2D eigenvalue weighted by Crippen LogP contribution is 2.36. The van der Waals surface area contributed by atoms with Crippen LogP contribution in [0, 0.1) is 17.1 Å². The highest BCUT2D eigenvalue weighted by Gasteiger charge is 2.22. The van der Waals surface area contributed by atoms with Crippen molar-refractivity contribution in [3.8, 4) is 6.07 Å². The molecule has 0 atom stereocenters. The van der Waals surface area contributed by atoms with Gasteiger partial charge in [-0.2, -0.15) is 5.26 Å². The molecule has 0 saturated heterocycles. The quantitative estimate of drug-likeness (QED) is 0.476. The number of nitrogens with zero attached hydrogens (tertiary/aromatic N) is 3. The molecular weight excluding hydrogens is 385 g/mol. The molecule has 1 aliphatic rings. The molecule has 0 saturated carbocycles. The smallest absolute Gasteiger partial charge is 0.123 e. The first-order valence-electron chi connectivity index (χ1n) is 10.1. The Labute approximate surface area is 182 Å². The topological polar surface area (TPSA) is 39.9 Å². The Morgan fingerprint density at radius 2 is 1.87 bits per heavy atom. The number of halogens is 1. The van der Waals surface area contributed by atoms with Crippen LogP contribution in [0.3, 0.4) is 0 Å². The average Bonchev–Trinajstić information content (AvgIpc) is 2.82. The van der Waals surface area contributed by atoms with E-state index in [1.165, 1.54) is 17.7 Å². The van der Waals surface area contributed by atoms with Crippen molar-refractivity contribution in [3.63, 3.8) is 0 Å². The van der Waals surface area contributed by atoms with Crippen LogP contribution in [-0.2, 0) is 6.42 Å². The second-order valence-electron chi connectivity index (χ2n) is 7.37. The van der Waals surface area contributed by atoms with Crippen molar-refractivity contribution in [2.45, 2.75) is 12.8 Å². The fraction of sp³-hybridized carbons (Fsp3) is 0.111. The van der Waals surface area contributed by atoms with E-state index >= 15 is 0 Å². The van der Waals surface area contributed by atoms with Crippen molar-refractivity contribution in [3.05, 3.63) is 119 Å². The first kappa shape index (κ1) is 20.3. The number of aromatic nitrogens is 1. The minimum Gasteiger partial charge on any atom is -0.347 e. The summed E-state index contributed by atoms with van der Waals surface area (Å²) in [4.78, 5) is 6.76. The van der Waals surface area contributed by atoms with Crippen molar-refractivity contribution in [1.82, 2.24) is 4.98 Å². The van der Waals surface area contributed by atoms with E-state index in [1.54, 1.807) is 30.5 Å². The second kappa shape index (κ2) is 8.81. The van der Waals surface area contributed by atoms with Gasteiger partial charge in [-0.25, -0.2) is 4.39 Å². The number of pyridine rings is 1. The maximum Gasteiger partial charge on any atom is 0.123 e. The minimum absolute atomic E-state index is 0.260. The van der Waals surface area contributed by atoms with Gasteiger partial charge in [0.25, 0.3) is 0 Å². The molecule has 2 aromatic carbocycles. The molecule has 0 amide bonds. The lowest BCUT2D eigenvalue weighted by Gasteiger charge is -2.29. The second-order valence-corrected chi connectivity index (χ2v) is 7.37. The average molecular weight is 407 g/mol. The molecular formula is C27H22FN3. The van der Waals surface area contributed by atoms with Gasteiger partial charge in [-0.05, 0) is 72.0 Å². The number of anilines is 1. The maximum atomic E-state index is 13.5. The molecule has 1 aromatic heterocycles. The third kappa shape index (κ3) is 4.04. The predicted molar refractivity (Wildman–Crippen MR) is 124 cm³/mol. The van der Waals surface area contributed by atoms with Gasteiger partial charge < -0.3 is 4.90 Å². The Morgan fingerprint density at radius 3 is 2.61 bits per heavy atom. The van der Waals surface area contributed by atoms with Crippen LogP contribution in [0.5, 0.6) is 0 Å². The largest absolute Gasteiger partial charge is 0.347 e. The number of hydrogen-bond donors (Lipinski definition) is 0. The summed E-state index contributed by atoms with van der Waals surface area (Å²) in [7, 11) is 1.99. The summed E-state index contributed by atoms with van der Waals surface area (Å²) in [6, 6.07) is 20.3. The molecule has 1 heterocycles. The first-order chi connectivity index (χ1) is 15.1. The van der Waals surface area contributed by atoms with E-state index < -0.39 is 0 Å². The molecule has 0 fully saturated rings. The normalized spacial score (nSPS) is 13.4. The van der Waals surface area contributed by atoms with Crippen LogP contribution in [0.1, 0.15) is 28.8 Å². The van der Waals surface area contributed by atoms with Gasteiger partial charge in [0.1, 0.15) is 5.82 Å². The van der Waals surface area contributed by atoms with Crippen molar-refractivity contribution in [1.29, 1.82) is 5.26 Å². The van der Waals surface area contributed by atoms with Crippen molar-refractivity contribution < 1.29 is 4.39 Å².